The summed E-state index contributed by atoms with van der Waals surface area (Å²) in [6.45, 7) is -1.16. The van der Waals surface area contributed by atoms with Crippen LogP contribution in [0.25, 0.3) is 0 Å². The SMILES string of the molecule is O=P(O)(O)OCC(CO)OO. The van der Waals surface area contributed by atoms with Crippen LogP contribution in [0, 0.1) is 0 Å². The zero-order chi connectivity index (χ0) is 8.91. The van der Waals surface area contributed by atoms with Gasteiger partial charge >= 0.3 is 7.82 Å². The van der Waals surface area contributed by atoms with Crippen LogP contribution in [0.5, 0.6) is 0 Å². The predicted molar refractivity (Wildman–Crippen MR) is 32.6 cm³/mol. The summed E-state index contributed by atoms with van der Waals surface area (Å²) >= 11 is 0. The summed E-state index contributed by atoms with van der Waals surface area (Å²) < 4.78 is 13.9. The summed E-state index contributed by atoms with van der Waals surface area (Å²) in [5.41, 5.74) is 0. The Hall–Kier alpha value is -0.0100. The van der Waals surface area contributed by atoms with Crippen molar-refractivity contribution in [2.24, 2.45) is 0 Å². The van der Waals surface area contributed by atoms with E-state index in [4.69, 9.17) is 20.2 Å². The third-order valence-electron chi connectivity index (χ3n) is 0.781. The lowest BCUT2D eigenvalue weighted by atomic mass is 10.4. The molecule has 1 unspecified atom stereocenters. The highest BCUT2D eigenvalue weighted by atomic mass is 31.2. The van der Waals surface area contributed by atoms with E-state index in [0.29, 0.717) is 0 Å². The molecule has 0 aromatic heterocycles. The fourth-order valence-electron chi connectivity index (χ4n) is 0.297. The van der Waals surface area contributed by atoms with E-state index in [1.165, 1.54) is 0 Å². The maximum Gasteiger partial charge on any atom is 0.469 e. The Labute approximate surface area is 62.4 Å². The molecule has 4 N–H and O–H groups in total. The van der Waals surface area contributed by atoms with Crippen LogP contribution in [0.1, 0.15) is 0 Å². The molecule has 7 nitrogen and oxygen atoms in total. The van der Waals surface area contributed by atoms with Gasteiger partial charge in [0.05, 0.1) is 13.2 Å². The van der Waals surface area contributed by atoms with Gasteiger partial charge in [0.15, 0.2) is 0 Å². The van der Waals surface area contributed by atoms with E-state index in [-0.39, 0.29) is 0 Å². The van der Waals surface area contributed by atoms with E-state index in [1.807, 2.05) is 0 Å². The highest BCUT2D eigenvalue weighted by Crippen LogP contribution is 2.35. The Balaban J connectivity index is 3.59. The summed E-state index contributed by atoms with van der Waals surface area (Å²) in [5.74, 6) is 0. The van der Waals surface area contributed by atoms with Gasteiger partial charge in [0, 0.05) is 0 Å². The molecule has 0 rings (SSSR count). The molecule has 0 bridgehead atoms. The van der Waals surface area contributed by atoms with Crippen molar-refractivity contribution in [3.05, 3.63) is 0 Å². The minimum atomic E-state index is -4.55. The minimum absolute atomic E-state index is 0.572. The number of rotatable bonds is 5. The molecule has 0 aliphatic carbocycles. The van der Waals surface area contributed by atoms with Gasteiger partial charge in [-0.2, -0.15) is 0 Å². The van der Waals surface area contributed by atoms with Gasteiger partial charge < -0.3 is 14.9 Å². The number of aliphatic hydroxyl groups excluding tert-OH is 1. The quantitative estimate of drug-likeness (QED) is 0.247. The zero-order valence-electron chi connectivity index (χ0n) is 5.45. The summed E-state index contributed by atoms with van der Waals surface area (Å²) in [6, 6.07) is 0. The van der Waals surface area contributed by atoms with Crippen molar-refractivity contribution in [2.75, 3.05) is 13.2 Å². The molecule has 0 fully saturated rings. The molecule has 0 amide bonds. The van der Waals surface area contributed by atoms with Crippen LogP contribution in [-0.2, 0) is 14.0 Å². The Morgan fingerprint density at radius 2 is 2.00 bits per heavy atom. The molecule has 0 aromatic carbocycles. The summed E-state index contributed by atoms with van der Waals surface area (Å²) in [4.78, 5) is 19.8. The lowest BCUT2D eigenvalue weighted by molar-refractivity contribution is -0.289. The molecule has 0 aliphatic rings. The smallest absolute Gasteiger partial charge is 0.393 e. The Kier molecular flexibility index (Phi) is 4.78. The lowest BCUT2D eigenvalue weighted by Gasteiger charge is -2.10. The predicted octanol–water partition coefficient (Wildman–Crippen LogP) is -1.05. The largest absolute Gasteiger partial charge is 0.469 e. The highest BCUT2D eigenvalue weighted by Gasteiger charge is 2.17. The van der Waals surface area contributed by atoms with Gasteiger partial charge in [-0.15, -0.1) is 0 Å². The molecule has 1 atom stereocenters. The maximum atomic E-state index is 10.0. The number of phosphoric acid groups is 1. The molecule has 0 aliphatic heterocycles. The van der Waals surface area contributed by atoms with Gasteiger partial charge in [0.2, 0.25) is 0 Å². The highest BCUT2D eigenvalue weighted by molar-refractivity contribution is 7.46. The molecule has 68 valence electrons. The summed E-state index contributed by atoms with van der Waals surface area (Å²) in [6.07, 6.45) is -1.14. The number of hydrogen-bond donors (Lipinski definition) is 4. The van der Waals surface area contributed by atoms with Crippen molar-refractivity contribution in [3.8, 4) is 0 Å². The van der Waals surface area contributed by atoms with Gasteiger partial charge in [-0.3, -0.25) is 9.78 Å². The van der Waals surface area contributed by atoms with Crippen LogP contribution in [0.4, 0.5) is 0 Å². The molecular weight excluding hydrogens is 179 g/mol. The van der Waals surface area contributed by atoms with E-state index >= 15 is 0 Å². The van der Waals surface area contributed by atoms with Crippen molar-refractivity contribution < 1.29 is 34.1 Å². The van der Waals surface area contributed by atoms with Gasteiger partial charge in [-0.1, -0.05) is 0 Å². The standard InChI is InChI=1S/C3H9O7P/c4-1-3(10-5)2-9-11(6,7)8/h3-5H,1-2H2,(H2,6,7,8). The summed E-state index contributed by atoms with van der Waals surface area (Å²) in [7, 11) is -4.55. The third-order valence-corrected chi connectivity index (χ3v) is 1.27. The molecule has 0 saturated carbocycles. The molecule has 0 spiro atoms. The van der Waals surface area contributed by atoms with Gasteiger partial charge in [-0.05, 0) is 0 Å². The monoisotopic (exact) mass is 188 g/mol. The van der Waals surface area contributed by atoms with Gasteiger partial charge in [-0.25, -0.2) is 9.45 Å². The number of phosphoric ester groups is 1. The minimum Gasteiger partial charge on any atom is -0.393 e. The first-order valence-corrected chi connectivity index (χ1v) is 4.14. The topological polar surface area (TPSA) is 116 Å². The first kappa shape index (κ1) is 11.0. The number of aliphatic hydroxyl groups is 1. The molecule has 11 heavy (non-hydrogen) atoms. The normalized spacial score (nSPS) is 14.9. The van der Waals surface area contributed by atoms with Crippen molar-refractivity contribution >= 4 is 7.82 Å². The zero-order valence-corrected chi connectivity index (χ0v) is 6.35. The van der Waals surface area contributed by atoms with Crippen LogP contribution < -0.4 is 0 Å². The van der Waals surface area contributed by atoms with Crippen LogP contribution in [0.3, 0.4) is 0 Å². The van der Waals surface area contributed by atoms with Crippen LogP contribution >= 0.6 is 7.82 Å². The van der Waals surface area contributed by atoms with Crippen molar-refractivity contribution in [1.82, 2.24) is 0 Å². The van der Waals surface area contributed by atoms with E-state index in [0.717, 1.165) is 0 Å². The Morgan fingerprint density at radius 3 is 2.27 bits per heavy atom. The second kappa shape index (κ2) is 4.78. The van der Waals surface area contributed by atoms with Crippen molar-refractivity contribution in [3.63, 3.8) is 0 Å². The van der Waals surface area contributed by atoms with Crippen LogP contribution in [-0.4, -0.2) is 39.5 Å². The van der Waals surface area contributed by atoms with E-state index < -0.39 is 27.1 Å². The third kappa shape index (κ3) is 6.39. The second-order valence-corrected chi connectivity index (χ2v) is 2.94. The first-order valence-electron chi connectivity index (χ1n) is 2.60. The van der Waals surface area contributed by atoms with E-state index in [2.05, 4.69) is 9.41 Å². The van der Waals surface area contributed by atoms with Crippen molar-refractivity contribution in [2.45, 2.75) is 6.10 Å². The van der Waals surface area contributed by atoms with Gasteiger partial charge in [0.25, 0.3) is 0 Å². The molecular formula is C3H9O7P. The fraction of sp³-hybridized carbons (Fsp3) is 1.00. The molecule has 0 heterocycles. The van der Waals surface area contributed by atoms with E-state index in [1.54, 1.807) is 0 Å². The number of hydrogen-bond acceptors (Lipinski definition) is 5. The first-order chi connectivity index (χ1) is 4.99. The Bertz CT molecular complexity index is 137. The fourth-order valence-corrected chi connectivity index (χ4v) is 0.657. The average molecular weight is 188 g/mol. The van der Waals surface area contributed by atoms with Gasteiger partial charge in [0.1, 0.15) is 6.10 Å². The Morgan fingerprint density at radius 1 is 1.45 bits per heavy atom. The molecule has 0 saturated heterocycles. The maximum absolute atomic E-state index is 10.0. The molecule has 8 heteroatoms. The van der Waals surface area contributed by atoms with Crippen LogP contribution in [0.15, 0.2) is 0 Å². The van der Waals surface area contributed by atoms with Crippen LogP contribution in [0.2, 0.25) is 0 Å². The lowest BCUT2D eigenvalue weighted by Crippen LogP contribution is -2.21. The molecule has 0 radical (unpaired) electrons. The van der Waals surface area contributed by atoms with E-state index in [9.17, 15) is 4.57 Å². The molecule has 0 aromatic rings. The summed E-state index contributed by atoms with van der Waals surface area (Å²) in [5, 5.41) is 16.2. The second-order valence-electron chi connectivity index (χ2n) is 1.70. The van der Waals surface area contributed by atoms with Crippen molar-refractivity contribution in [1.29, 1.82) is 0 Å². The average Bonchev–Trinajstić information content (AvgIpc) is 1.88.